The van der Waals surface area contributed by atoms with E-state index in [-0.39, 0.29) is 11.4 Å². The zero-order chi connectivity index (χ0) is 13.4. The van der Waals surface area contributed by atoms with Gasteiger partial charge < -0.3 is 10.6 Å². The van der Waals surface area contributed by atoms with Crippen molar-refractivity contribution < 1.29 is 4.79 Å². The molecule has 3 heteroatoms. The quantitative estimate of drug-likeness (QED) is 0.776. The molecule has 0 fully saturated rings. The zero-order valence-corrected chi connectivity index (χ0v) is 11.6. The minimum absolute atomic E-state index is 0.0594. The highest BCUT2D eigenvalue weighted by molar-refractivity contribution is 5.75. The van der Waals surface area contributed by atoms with Crippen LogP contribution in [0.15, 0.2) is 30.3 Å². The van der Waals surface area contributed by atoms with Crippen molar-refractivity contribution in [3.05, 3.63) is 35.9 Å². The molecule has 2 N–H and O–H groups in total. The lowest BCUT2D eigenvalue weighted by molar-refractivity contribution is -0.120. The summed E-state index contributed by atoms with van der Waals surface area (Å²) in [5, 5.41) is 6.06. The smallest absolute Gasteiger partial charge is 0.221 e. The van der Waals surface area contributed by atoms with E-state index >= 15 is 0 Å². The molecule has 1 aromatic carbocycles. The number of rotatable bonds is 7. The summed E-state index contributed by atoms with van der Waals surface area (Å²) in [5.41, 5.74) is 1.42. The first-order chi connectivity index (χ1) is 8.53. The number of amides is 1. The normalized spacial score (nSPS) is 11.3. The molecule has 0 aliphatic rings. The first-order valence-corrected chi connectivity index (χ1v) is 6.53. The Morgan fingerprint density at radius 3 is 2.50 bits per heavy atom. The molecular formula is C15H24N2O. The Hall–Kier alpha value is -1.35. The van der Waals surface area contributed by atoms with Crippen LogP contribution in [0.1, 0.15) is 32.3 Å². The Balaban J connectivity index is 2.29. The molecule has 0 atom stereocenters. The van der Waals surface area contributed by atoms with Crippen molar-refractivity contribution >= 4 is 5.91 Å². The van der Waals surface area contributed by atoms with E-state index in [1.807, 2.05) is 6.07 Å². The molecule has 0 saturated heterocycles. The molecule has 18 heavy (non-hydrogen) atoms. The first kappa shape index (κ1) is 14.7. The Kier molecular flexibility index (Phi) is 5.86. The Bertz CT molecular complexity index is 360. The largest absolute Gasteiger partial charge is 0.359 e. The number of aryl methyl sites for hydroxylation is 1. The fourth-order valence-electron chi connectivity index (χ4n) is 1.83. The number of hydrogen-bond acceptors (Lipinski definition) is 2. The van der Waals surface area contributed by atoms with Gasteiger partial charge in [0.2, 0.25) is 5.91 Å². The minimum Gasteiger partial charge on any atom is -0.359 e. The van der Waals surface area contributed by atoms with Crippen molar-refractivity contribution in [1.29, 1.82) is 0 Å². The summed E-state index contributed by atoms with van der Waals surface area (Å²) in [5.74, 6) is 0.0846. The molecule has 100 valence electrons. The van der Waals surface area contributed by atoms with Crippen molar-refractivity contribution in [3.63, 3.8) is 0 Å². The zero-order valence-electron chi connectivity index (χ0n) is 11.6. The Morgan fingerprint density at radius 2 is 1.89 bits per heavy atom. The van der Waals surface area contributed by atoms with Crippen LogP contribution in [-0.4, -0.2) is 25.0 Å². The molecule has 0 heterocycles. The highest BCUT2D eigenvalue weighted by Crippen LogP contribution is 2.13. The average Bonchev–Trinajstić information content (AvgIpc) is 2.37. The SMILES string of the molecule is CNC(=O)CCNC(C)(C)CCc1ccccc1. The van der Waals surface area contributed by atoms with Crippen LogP contribution >= 0.6 is 0 Å². The summed E-state index contributed by atoms with van der Waals surface area (Å²) in [6.45, 7) is 5.08. The maximum absolute atomic E-state index is 11.1. The van der Waals surface area contributed by atoms with Gasteiger partial charge in [-0.25, -0.2) is 0 Å². The molecule has 0 radical (unpaired) electrons. The van der Waals surface area contributed by atoms with E-state index in [0.717, 1.165) is 19.4 Å². The monoisotopic (exact) mass is 248 g/mol. The van der Waals surface area contributed by atoms with Gasteiger partial charge in [-0.1, -0.05) is 30.3 Å². The number of nitrogens with one attached hydrogen (secondary N) is 2. The van der Waals surface area contributed by atoms with Crippen molar-refractivity contribution in [2.75, 3.05) is 13.6 Å². The first-order valence-electron chi connectivity index (χ1n) is 6.53. The van der Waals surface area contributed by atoms with Crippen LogP contribution in [-0.2, 0) is 11.2 Å². The summed E-state index contributed by atoms with van der Waals surface area (Å²) in [6.07, 6.45) is 2.65. The van der Waals surface area contributed by atoms with E-state index in [1.54, 1.807) is 7.05 Å². The molecule has 1 rings (SSSR count). The molecule has 0 spiro atoms. The van der Waals surface area contributed by atoms with Crippen molar-refractivity contribution in [1.82, 2.24) is 10.6 Å². The summed E-state index contributed by atoms with van der Waals surface area (Å²) in [4.78, 5) is 11.1. The molecule has 0 saturated carbocycles. The fraction of sp³-hybridized carbons (Fsp3) is 0.533. The van der Waals surface area contributed by atoms with Gasteiger partial charge in [0.25, 0.3) is 0 Å². The number of carbonyl (C=O) groups is 1. The molecule has 1 aromatic rings. The summed E-state index contributed by atoms with van der Waals surface area (Å²) in [6, 6.07) is 10.5. The summed E-state index contributed by atoms with van der Waals surface area (Å²) in [7, 11) is 1.67. The second-order valence-electron chi connectivity index (χ2n) is 5.22. The predicted molar refractivity (Wildman–Crippen MR) is 75.5 cm³/mol. The lowest BCUT2D eigenvalue weighted by atomic mass is 9.95. The maximum atomic E-state index is 11.1. The van der Waals surface area contributed by atoms with Crippen LogP contribution in [0.2, 0.25) is 0 Å². The van der Waals surface area contributed by atoms with E-state index in [0.29, 0.717) is 6.42 Å². The van der Waals surface area contributed by atoms with Crippen LogP contribution in [0.4, 0.5) is 0 Å². The van der Waals surface area contributed by atoms with Gasteiger partial charge in [-0.2, -0.15) is 0 Å². The van der Waals surface area contributed by atoms with Crippen LogP contribution in [0.5, 0.6) is 0 Å². The molecule has 0 aliphatic heterocycles. The van der Waals surface area contributed by atoms with Crippen LogP contribution in [0.25, 0.3) is 0 Å². The number of benzene rings is 1. The van der Waals surface area contributed by atoms with Crippen LogP contribution in [0, 0.1) is 0 Å². The Morgan fingerprint density at radius 1 is 1.22 bits per heavy atom. The third kappa shape index (κ3) is 5.82. The van der Waals surface area contributed by atoms with Gasteiger partial charge in [0, 0.05) is 25.6 Å². The minimum atomic E-state index is 0.0594. The second kappa shape index (κ2) is 7.17. The molecular weight excluding hydrogens is 224 g/mol. The molecule has 0 aromatic heterocycles. The van der Waals surface area contributed by atoms with E-state index in [4.69, 9.17) is 0 Å². The van der Waals surface area contributed by atoms with E-state index in [2.05, 4.69) is 48.7 Å². The van der Waals surface area contributed by atoms with E-state index in [1.165, 1.54) is 5.56 Å². The van der Waals surface area contributed by atoms with Crippen molar-refractivity contribution in [2.45, 2.75) is 38.6 Å². The summed E-state index contributed by atoms with van der Waals surface area (Å²) < 4.78 is 0. The number of hydrogen-bond donors (Lipinski definition) is 2. The standard InChI is InChI=1S/C15H24N2O/c1-15(2,17-12-10-14(18)16-3)11-9-13-7-5-4-6-8-13/h4-8,17H,9-12H2,1-3H3,(H,16,18). The summed E-state index contributed by atoms with van der Waals surface area (Å²) >= 11 is 0. The highest BCUT2D eigenvalue weighted by Gasteiger charge is 2.16. The highest BCUT2D eigenvalue weighted by atomic mass is 16.1. The lowest BCUT2D eigenvalue weighted by Crippen LogP contribution is -2.41. The topological polar surface area (TPSA) is 41.1 Å². The van der Waals surface area contributed by atoms with Gasteiger partial charge in [-0.05, 0) is 32.3 Å². The van der Waals surface area contributed by atoms with Crippen molar-refractivity contribution in [2.24, 2.45) is 0 Å². The van der Waals surface area contributed by atoms with E-state index in [9.17, 15) is 4.79 Å². The van der Waals surface area contributed by atoms with Gasteiger partial charge in [0.15, 0.2) is 0 Å². The van der Waals surface area contributed by atoms with Gasteiger partial charge in [0.05, 0.1) is 0 Å². The Labute approximate surface area is 110 Å². The fourth-order valence-corrected chi connectivity index (χ4v) is 1.83. The molecule has 0 unspecified atom stereocenters. The second-order valence-corrected chi connectivity index (χ2v) is 5.22. The molecule has 0 aliphatic carbocycles. The third-order valence-electron chi connectivity index (χ3n) is 3.12. The van der Waals surface area contributed by atoms with Gasteiger partial charge in [-0.3, -0.25) is 4.79 Å². The van der Waals surface area contributed by atoms with Crippen molar-refractivity contribution in [3.8, 4) is 0 Å². The maximum Gasteiger partial charge on any atom is 0.221 e. The third-order valence-corrected chi connectivity index (χ3v) is 3.12. The average molecular weight is 248 g/mol. The van der Waals surface area contributed by atoms with Gasteiger partial charge in [-0.15, -0.1) is 0 Å². The van der Waals surface area contributed by atoms with E-state index < -0.39 is 0 Å². The van der Waals surface area contributed by atoms with Crippen LogP contribution in [0.3, 0.4) is 0 Å². The van der Waals surface area contributed by atoms with Gasteiger partial charge in [0.1, 0.15) is 0 Å². The lowest BCUT2D eigenvalue weighted by Gasteiger charge is -2.26. The molecule has 3 nitrogen and oxygen atoms in total. The number of carbonyl (C=O) groups excluding carboxylic acids is 1. The predicted octanol–water partition coefficient (Wildman–Crippen LogP) is 2.12. The molecule has 0 bridgehead atoms. The van der Waals surface area contributed by atoms with Gasteiger partial charge >= 0.3 is 0 Å². The molecule has 1 amide bonds. The van der Waals surface area contributed by atoms with Crippen LogP contribution < -0.4 is 10.6 Å².